The summed E-state index contributed by atoms with van der Waals surface area (Å²) in [5, 5.41) is 2.71. The number of benzene rings is 1. The maximum Gasteiger partial charge on any atom is 0.264 e. The van der Waals surface area contributed by atoms with Gasteiger partial charge in [-0.25, -0.2) is 4.98 Å². The molecule has 0 fully saturated rings. The molecule has 0 bridgehead atoms. The van der Waals surface area contributed by atoms with Gasteiger partial charge in [-0.3, -0.25) is 9.59 Å². The molecule has 6 nitrogen and oxygen atoms in total. The number of rotatable bonds is 4. The molecule has 6 heteroatoms. The molecule has 2 N–H and O–H groups in total. The molecule has 0 aliphatic carbocycles. The van der Waals surface area contributed by atoms with Crippen LogP contribution in [0.25, 0.3) is 0 Å². The summed E-state index contributed by atoms with van der Waals surface area (Å²) in [5.74, 6) is 0.522. The monoisotopic (exact) mass is 301 g/mol. The summed E-state index contributed by atoms with van der Waals surface area (Å²) in [7, 11) is 0. The first-order valence-electron chi connectivity index (χ1n) is 7.03. The topological polar surface area (TPSA) is 84.1 Å². The normalized spacial score (nSPS) is 10.6. The lowest BCUT2D eigenvalue weighted by molar-refractivity contribution is 0.102. The van der Waals surface area contributed by atoms with Crippen LogP contribution in [0.1, 0.15) is 35.7 Å². The van der Waals surface area contributed by atoms with E-state index in [1.165, 1.54) is 0 Å². The highest BCUT2D eigenvalue weighted by molar-refractivity contribution is 6.05. The van der Waals surface area contributed by atoms with Gasteiger partial charge >= 0.3 is 0 Å². The molecule has 22 heavy (non-hydrogen) atoms. The molecule has 0 saturated heterocycles. The van der Waals surface area contributed by atoms with Gasteiger partial charge in [-0.15, -0.1) is 0 Å². The molecular weight excluding hydrogens is 282 g/mol. The van der Waals surface area contributed by atoms with E-state index in [1.807, 2.05) is 19.9 Å². The summed E-state index contributed by atoms with van der Waals surface area (Å²) >= 11 is 0. The van der Waals surface area contributed by atoms with Crippen LogP contribution < -0.4 is 15.6 Å². The van der Waals surface area contributed by atoms with Crippen molar-refractivity contribution in [3.8, 4) is 5.75 Å². The molecule has 1 aromatic heterocycles. The quantitative estimate of drug-likeness (QED) is 0.908. The average Bonchev–Trinajstić information content (AvgIpc) is 2.39. The second kappa shape index (κ2) is 6.43. The minimum absolute atomic E-state index is 0.00458. The zero-order valence-corrected chi connectivity index (χ0v) is 13.1. The third-order valence-electron chi connectivity index (χ3n) is 2.94. The van der Waals surface area contributed by atoms with Gasteiger partial charge in [0.1, 0.15) is 17.1 Å². The zero-order valence-electron chi connectivity index (χ0n) is 13.1. The highest BCUT2D eigenvalue weighted by Gasteiger charge is 2.17. The van der Waals surface area contributed by atoms with E-state index in [9.17, 15) is 9.59 Å². The Kier molecular flexibility index (Phi) is 4.60. The molecule has 0 aliphatic heterocycles. The molecule has 0 radical (unpaired) electrons. The predicted octanol–water partition coefficient (Wildman–Crippen LogP) is 2.43. The van der Waals surface area contributed by atoms with Crippen LogP contribution in [-0.2, 0) is 0 Å². The molecule has 2 aromatic rings. The molecule has 0 spiro atoms. The largest absolute Gasteiger partial charge is 0.489 e. The SMILES string of the molecule is Cc1nc(C)c(C(=O)Nc2ccccc2OC(C)C)c(=O)[nH]1. The number of para-hydroxylation sites is 2. The van der Waals surface area contributed by atoms with Gasteiger partial charge in [0.05, 0.1) is 17.5 Å². The van der Waals surface area contributed by atoms with Gasteiger partial charge in [0.25, 0.3) is 11.5 Å². The molecule has 0 aliphatic rings. The van der Waals surface area contributed by atoms with E-state index in [1.54, 1.807) is 32.0 Å². The number of carbonyl (C=O) groups is 1. The van der Waals surface area contributed by atoms with Crippen LogP contribution in [0, 0.1) is 13.8 Å². The number of aromatic nitrogens is 2. The molecule has 2 rings (SSSR count). The summed E-state index contributed by atoms with van der Waals surface area (Å²) in [4.78, 5) is 31.0. The van der Waals surface area contributed by atoms with Crippen molar-refractivity contribution < 1.29 is 9.53 Å². The Morgan fingerprint density at radius 2 is 1.95 bits per heavy atom. The summed E-state index contributed by atoms with van der Waals surface area (Å²) in [6.07, 6.45) is -0.0239. The standard InChI is InChI=1S/C16H19N3O3/c1-9(2)22-13-8-6-5-7-12(13)19-16(21)14-10(3)17-11(4)18-15(14)20/h5-9H,1-4H3,(H,19,21)(H,17,18,20). The molecule has 0 saturated carbocycles. The van der Waals surface area contributed by atoms with E-state index in [0.29, 0.717) is 23.0 Å². The number of nitrogens with one attached hydrogen (secondary N) is 2. The molecule has 1 amide bonds. The first-order valence-corrected chi connectivity index (χ1v) is 7.03. The van der Waals surface area contributed by atoms with Crippen molar-refractivity contribution in [3.05, 3.63) is 51.7 Å². The van der Waals surface area contributed by atoms with Gasteiger partial charge in [0.15, 0.2) is 0 Å². The lowest BCUT2D eigenvalue weighted by atomic mass is 10.2. The average molecular weight is 301 g/mol. The number of hydrogen-bond acceptors (Lipinski definition) is 4. The van der Waals surface area contributed by atoms with Crippen molar-refractivity contribution in [3.63, 3.8) is 0 Å². The number of aromatic amines is 1. The second-order valence-electron chi connectivity index (χ2n) is 5.23. The molecule has 116 valence electrons. The van der Waals surface area contributed by atoms with Gasteiger partial charge in [-0.05, 0) is 39.8 Å². The van der Waals surface area contributed by atoms with Crippen molar-refractivity contribution in [2.45, 2.75) is 33.8 Å². The number of ether oxygens (including phenoxy) is 1. The van der Waals surface area contributed by atoms with E-state index < -0.39 is 11.5 Å². The van der Waals surface area contributed by atoms with Crippen molar-refractivity contribution in [2.75, 3.05) is 5.32 Å². The minimum Gasteiger partial charge on any atom is -0.489 e. The fraction of sp³-hybridized carbons (Fsp3) is 0.312. The molecule has 0 unspecified atom stereocenters. The number of anilines is 1. The molecule has 1 aromatic carbocycles. The van der Waals surface area contributed by atoms with E-state index in [4.69, 9.17) is 4.74 Å². The van der Waals surface area contributed by atoms with Gasteiger partial charge in [-0.1, -0.05) is 12.1 Å². The fourth-order valence-electron chi connectivity index (χ4n) is 2.11. The predicted molar refractivity (Wildman–Crippen MR) is 84.5 cm³/mol. The van der Waals surface area contributed by atoms with Crippen LogP contribution >= 0.6 is 0 Å². The summed E-state index contributed by atoms with van der Waals surface area (Å²) in [5.41, 5.74) is 0.455. The number of H-pyrrole nitrogens is 1. The van der Waals surface area contributed by atoms with Crippen LogP contribution in [-0.4, -0.2) is 22.0 Å². The van der Waals surface area contributed by atoms with E-state index in [0.717, 1.165) is 0 Å². The Bertz CT molecular complexity index is 751. The van der Waals surface area contributed by atoms with Crippen LogP contribution in [0.5, 0.6) is 5.75 Å². The minimum atomic E-state index is -0.508. The fourth-order valence-corrected chi connectivity index (χ4v) is 2.11. The van der Waals surface area contributed by atoms with Gasteiger partial charge in [0.2, 0.25) is 0 Å². The third kappa shape index (κ3) is 3.52. The van der Waals surface area contributed by atoms with E-state index >= 15 is 0 Å². The van der Waals surface area contributed by atoms with Gasteiger partial charge < -0.3 is 15.0 Å². The van der Waals surface area contributed by atoms with Crippen LogP contribution in [0.15, 0.2) is 29.1 Å². The smallest absolute Gasteiger partial charge is 0.264 e. The van der Waals surface area contributed by atoms with Crippen molar-refractivity contribution in [2.24, 2.45) is 0 Å². The first kappa shape index (κ1) is 15.8. The number of amides is 1. The second-order valence-corrected chi connectivity index (χ2v) is 5.23. The Morgan fingerprint density at radius 3 is 2.59 bits per heavy atom. The maximum absolute atomic E-state index is 12.4. The zero-order chi connectivity index (χ0) is 16.3. The van der Waals surface area contributed by atoms with Crippen LogP contribution in [0.4, 0.5) is 5.69 Å². The highest BCUT2D eigenvalue weighted by Crippen LogP contribution is 2.25. The number of carbonyl (C=O) groups excluding carboxylic acids is 1. The summed E-state index contributed by atoms with van der Waals surface area (Å²) in [6.45, 7) is 7.10. The van der Waals surface area contributed by atoms with Crippen molar-refractivity contribution in [1.82, 2.24) is 9.97 Å². The van der Waals surface area contributed by atoms with E-state index in [2.05, 4.69) is 15.3 Å². The number of nitrogens with zero attached hydrogens (tertiary/aromatic N) is 1. The van der Waals surface area contributed by atoms with Crippen molar-refractivity contribution in [1.29, 1.82) is 0 Å². The van der Waals surface area contributed by atoms with E-state index in [-0.39, 0.29) is 11.7 Å². The Hall–Kier alpha value is -2.63. The molecule has 1 heterocycles. The van der Waals surface area contributed by atoms with Crippen LogP contribution in [0.2, 0.25) is 0 Å². The molecular formula is C16H19N3O3. The summed E-state index contributed by atoms with van der Waals surface area (Å²) in [6, 6.07) is 7.09. The maximum atomic E-state index is 12.4. The van der Waals surface area contributed by atoms with Gasteiger partial charge in [0, 0.05) is 0 Å². The summed E-state index contributed by atoms with van der Waals surface area (Å²) < 4.78 is 5.65. The molecule has 0 atom stereocenters. The first-order chi connectivity index (χ1) is 10.4. The van der Waals surface area contributed by atoms with Gasteiger partial charge in [-0.2, -0.15) is 0 Å². The number of aryl methyl sites for hydroxylation is 2. The van der Waals surface area contributed by atoms with Crippen LogP contribution in [0.3, 0.4) is 0 Å². The number of hydrogen-bond donors (Lipinski definition) is 2. The van der Waals surface area contributed by atoms with Crippen molar-refractivity contribution >= 4 is 11.6 Å². The third-order valence-corrected chi connectivity index (χ3v) is 2.94. The Balaban J connectivity index is 2.33. The lowest BCUT2D eigenvalue weighted by Crippen LogP contribution is -2.26. The Labute approximate surface area is 128 Å². The lowest BCUT2D eigenvalue weighted by Gasteiger charge is -2.15. The highest BCUT2D eigenvalue weighted by atomic mass is 16.5. The Morgan fingerprint density at radius 1 is 1.27 bits per heavy atom.